The maximum atomic E-state index is 12.4. The standard InChI is InChI=1S/C22H25N3O5/c1-16-7-3-4-8-18(16)14-23(2)21(26)15-30-22(27)17-9-10-19(20(13-17)25(28)29)24-11-5-6-12-24/h3-4,7-10,13H,5-6,11-12,14-15H2,1-2H3. The molecular formula is C22H25N3O5. The molecule has 30 heavy (non-hydrogen) atoms. The molecule has 0 unspecified atom stereocenters. The number of nitrogens with zero attached hydrogens (tertiary/aromatic N) is 3. The molecule has 0 aliphatic carbocycles. The molecule has 158 valence electrons. The van der Waals surface area contributed by atoms with E-state index in [1.165, 1.54) is 17.0 Å². The van der Waals surface area contributed by atoms with Crippen LogP contribution in [0.3, 0.4) is 0 Å². The maximum absolute atomic E-state index is 12.4. The van der Waals surface area contributed by atoms with Gasteiger partial charge in [0.15, 0.2) is 6.61 Å². The van der Waals surface area contributed by atoms with Gasteiger partial charge in [-0.1, -0.05) is 24.3 Å². The van der Waals surface area contributed by atoms with E-state index in [9.17, 15) is 19.7 Å². The number of carbonyl (C=O) groups is 2. The molecule has 2 aromatic carbocycles. The van der Waals surface area contributed by atoms with Gasteiger partial charge in [-0.05, 0) is 43.0 Å². The first-order valence-electron chi connectivity index (χ1n) is 9.86. The van der Waals surface area contributed by atoms with E-state index in [0.717, 1.165) is 37.1 Å². The highest BCUT2D eigenvalue weighted by Gasteiger charge is 2.24. The van der Waals surface area contributed by atoms with Crippen molar-refractivity contribution in [2.75, 3.05) is 31.6 Å². The van der Waals surface area contributed by atoms with Gasteiger partial charge in [0.2, 0.25) is 0 Å². The number of benzene rings is 2. The highest BCUT2D eigenvalue weighted by atomic mass is 16.6. The molecule has 0 aromatic heterocycles. The van der Waals surface area contributed by atoms with Crippen molar-refractivity contribution >= 4 is 23.3 Å². The van der Waals surface area contributed by atoms with Crippen LogP contribution < -0.4 is 4.90 Å². The first kappa shape index (κ1) is 21.3. The van der Waals surface area contributed by atoms with E-state index in [0.29, 0.717) is 12.2 Å². The Balaban J connectivity index is 1.62. The molecule has 1 fully saturated rings. The van der Waals surface area contributed by atoms with Crippen molar-refractivity contribution in [1.29, 1.82) is 0 Å². The van der Waals surface area contributed by atoms with Gasteiger partial charge in [-0.15, -0.1) is 0 Å². The van der Waals surface area contributed by atoms with E-state index >= 15 is 0 Å². The zero-order valence-electron chi connectivity index (χ0n) is 17.2. The van der Waals surface area contributed by atoms with E-state index in [1.807, 2.05) is 36.1 Å². The van der Waals surface area contributed by atoms with Crippen LogP contribution >= 0.6 is 0 Å². The summed E-state index contributed by atoms with van der Waals surface area (Å²) in [6.07, 6.45) is 1.97. The number of rotatable bonds is 7. The maximum Gasteiger partial charge on any atom is 0.338 e. The summed E-state index contributed by atoms with van der Waals surface area (Å²) >= 11 is 0. The van der Waals surface area contributed by atoms with E-state index in [4.69, 9.17) is 4.74 Å². The number of nitro benzene ring substituents is 1. The molecule has 0 atom stereocenters. The van der Waals surface area contributed by atoms with Crippen LogP contribution in [0.2, 0.25) is 0 Å². The number of esters is 1. The molecule has 0 radical (unpaired) electrons. The lowest BCUT2D eigenvalue weighted by Crippen LogP contribution is -2.31. The summed E-state index contributed by atoms with van der Waals surface area (Å²) < 4.78 is 5.11. The number of hydrogen-bond donors (Lipinski definition) is 0. The number of carbonyl (C=O) groups excluding carboxylic acids is 2. The SMILES string of the molecule is Cc1ccccc1CN(C)C(=O)COC(=O)c1ccc(N2CCCC2)c([N+](=O)[O-])c1. The number of hydrogen-bond acceptors (Lipinski definition) is 6. The second kappa shape index (κ2) is 9.39. The molecule has 1 saturated heterocycles. The Labute approximate surface area is 175 Å². The van der Waals surface area contributed by atoms with Gasteiger partial charge < -0.3 is 14.5 Å². The molecule has 8 nitrogen and oxygen atoms in total. The molecule has 0 saturated carbocycles. The first-order valence-corrected chi connectivity index (χ1v) is 9.86. The van der Waals surface area contributed by atoms with Gasteiger partial charge in [-0.2, -0.15) is 0 Å². The fraction of sp³-hybridized carbons (Fsp3) is 0.364. The summed E-state index contributed by atoms with van der Waals surface area (Å²) in [6, 6.07) is 12.0. The summed E-state index contributed by atoms with van der Waals surface area (Å²) in [7, 11) is 1.64. The number of anilines is 1. The van der Waals surface area contributed by atoms with Gasteiger partial charge in [-0.25, -0.2) is 4.79 Å². The molecule has 0 spiro atoms. The zero-order valence-corrected chi connectivity index (χ0v) is 17.2. The molecule has 1 heterocycles. The van der Waals surface area contributed by atoms with E-state index in [-0.39, 0.29) is 17.2 Å². The predicted octanol–water partition coefficient (Wildman–Crippen LogP) is 3.32. The second-order valence-corrected chi connectivity index (χ2v) is 7.41. The molecule has 0 N–H and O–H groups in total. The largest absolute Gasteiger partial charge is 0.452 e. The average molecular weight is 411 g/mol. The Kier molecular flexibility index (Phi) is 6.66. The van der Waals surface area contributed by atoms with Crippen LogP contribution in [0.4, 0.5) is 11.4 Å². The number of nitro groups is 1. The number of amides is 1. The third kappa shape index (κ3) is 4.94. The fourth-order valence-electron chi connectivity index (χ4n) is 3.47. The molecule has 8 heteroatoms. The monoisotopic (exact) mass is 411 g/mol. The minimum absolute atomic E-state index is 0.0546. The summed E-state index contributed by atoms with van der Waals surface area (Å²) in [6.45, 7) is 3.45. The van der Waals surface area contributed by atoms with Crippen molar-refractivity contribution in [3.05, 3.63) is 69.3 Å². The summed E-state index contributed by atoms with van der Waals surface area (Å²) in [5.74, 6) is -1.11. The zero-order chi connectivity index (χ0) is 21.7. The van der Waals surface area contributed by atoms with E-state index < -0.39 is 17.5 Å². The highest BCUT2D eigenvalue weighted by molar-refractivity contribution is 5.93. The third-order valence-electron chi connectivity index (χ3n) is 5.28. The summed E-state index contributed by atoms with van der Waals surface area (Å²) in [5.41, 5.74) is 2.50. The van der Waals surface area contributed by atoms with Gasteiger partial charge in [0, 0.05) is 32.7 Å². The number of ether oxygens (including phenoxy) is 1. The number of aryl methyl sites for hydroxylation is 1. The Morgan fingerprint density at radius 3 is 2.53 bits per heavy atom. The van der Waals surface area contributed by atoms with Crippen molar-refractivity contribution < 1.29 is 19.2 Å². The molecule has 1 aliphatic heterocycles. The van der Waals surface area contributed by atoms with Crippen molar-refractivity contribution in [3.63, 3.8) is 0 Å². The second-order valence-electron chi connectivity index (χ2n) is 7.41. The predicted molar refractivity (Wildman–Crippen MR) is 112 cm³/mol. The van der Waals surface area contributed by atoms with E-state index in [1.54, 1.807) is 13.1 Å². The summed E-state index contributed by atoms with van der Waals surface area (Å²) in [4.78, 5) is 39.1. The van der Waals surface area contributed by atoms with Crippen molar-refractivity contribution in [3.8, 4) is 0 Å². The van der Waals surface area contributed by atoms with Gasteiger partial charge in [0.1, 0.15) is 5.69 Å². The molecule has 0 bridgehead atoms. The quantitative estimate of drug-likeness (QED) is 0.394. The van der Waals surface area contributed by atoms with Crippen LogP contribution in [0.5, 0.6) is 0 Å². The van der Waals surface area contributed by atoms with Crippen LogP contribution in [0.15, 0.2) is 42.5 Å². The van der Waals surface area contributed by atoms with Crippen LogP contribution in [0.25, 0.3) is 0 Å². The van der Waals surface area contributed by atoms with Crippen molar-refractivity contribution in [1.82, 2.24) is 4.90 Å². The lowest BCUT2D eigenvalue weighted by Gasteiger charge is -2.19. The average Bonchev–Trinajstić information content (AvgIpc) is 3.27. The summed E-state index contributed by atoms with van der Waals surface area (Å²) in [5, 5.41) is 11.5. The van der Waals surface area contributed by atoms with Gasteiger partial charge in [0.25, 0.3) is 11.6 Å². The lowest BCUT2D eigenvalue weighted by atomic mass is 10.1. The van der Waals surface area contributed by atoms with Gasteiger partial charge >= 0.3 is 5.97 Å². The minimum Gasteiger partial charge on any atom is -0.452 e. The lowest BCUT2D eigenvalue weighted by molar-refractivity contribution is -0.384. The molecule has 1 aliphatic rings. The van der Waals surface area contributed by atoms with Crippen LogP contribution in [-0.2, 0) is 16.1 Å². The minimum atomic E-state index is -0.760. The topological polar surface area (TPSA) is 93.0 Å². The molecular weight excluding hydrogens is 386 g/mol. The Hall–Kier alpha value is -3.42. The van der Waals surface area contributed by atoms with Crippen LogP contribution in [-0.4, -0.2) is 48.4 Å². The first-order chi connectivity index (χ1) is 14.4. The Bertz CT molecular complexity index is 954. The normalized spacial score (nSPS) is 13.2. The molecule has 3 rings (SSSR count). The third-order valence-corrected chi connectivity index (χ3v) is 5.28. The Morgan fingerprint density at radius 1 is 1.17 bits per heavy atom. The smallest absolute Gasteiger partial charge is 0.338 e. The van der Waals surface area contributed by atoms with Crippen LogP contribution in [0, 0.1) is 17.0 Å². The highest BCUT2D eigenvalue weighted by Crippen LogP contribution is 2.31. The van der Waals surface area contributed by atoms with Crippen molar-refractivity contribution in [2.24, 2.45) is 0 Å². The fourth-order valence-corrected chi connectivity index (χ4v) is 3.47. The van der Waals surface area contributed by atoms with Crippen LogP contribution in [0.1, 0.15) is 34.3 Å². The van der Waals surface area contributed by atoms with Crippen molar-refractivity contribution in [2.45, 2.75) is 26.3 Å². The molecule has 1 amide bonds. The molecule has 2 aromatic rings. The number of likely N-dealkylation sites (N-methyl/N-ethyl adjacent to an activating group) is 1. The van der Waals surface area contributed by atoms with E-state index in [2.05, 4.69) is 0 Å². The van der Waals surface area contributed by atoms with Gasteiger partial charge in [-0.3, -0.25) is 14.9 Å². The van der Waals surface area contributed by atoms with Gasteiger partial charge in [0.05, 0.1) is 10.5 Å². The Morgan fingerprint density at radius 2 is 1.87 bits per heavy atom.